The molecular formula is C16H26N2O2. The highest BCUT2D eigenvalue weighted by Crippen LogP contribution is 2.35. The van der Waals surface area contributed by atoms with Crippen LogP contribution in [0.3, 0.4) is 0 Å². The zero-order valence-corrected chi connectivity index (χ0v) is 12.9. The van der Waals surface area contributed by atoms with Crippen LogP contribution in [-0.4, -0.2) is 30.8 Å². The lowest BCUT2D eigenvalue weighted by molar-refractivity contribution is 0.0781. The number of nitrogens with one attached hydrogen (secondary N) is 1. The van der Waals surface area contributed by atoms with Gasteiger partial charge in [-0.05, 0) is 45.4 Å². The van der Waals surface area contributed by atoms with E-state index in [0.717, 1.165) is 25.2 Å². The second-order valence-electron chi connectivity index (χ2n) is 5.66. The minimum absolute atomic E-state index is 0.165. The Morgan fingerprint density at radius 2 is 2.25 bits per heavy atom. The molecule has 1 aromatic rings. The Hall–Kier alpha value is -1.13. The van der Waals surface area contributed by atoms with E-state index in [9.17, 15) is 0 Å². The maximum absolute atomic E-state index is 5.82. The average molecular weight is 278 g/mol. The molecule has 1 aliphatic rings. The summed E-state index contributed by atoms with van der Waals surface area (Å²) in [4.78, 5) is 4.32. The lowest BCUT2D eigenvalue weighted by Gasteiger charge is -2.27. The minimum Gasteiger partial charge on any atom is -0.489 e. The van der Waals surface area contributed by atoms with E-state index in [1.807, 2.05) is 27.1 Å². The first kappa shape index (κ1) is 15.3. The van der Waals surface area contributed by atoms with Crippen LogP contribution in [0.5, 0.6) is 5.75 Å². The van der Waals surface area contributed by atoms with Crippen molar-refractivity contribution in [2.24, 2.45) is 5.92 Å². The van der Waals surface area contributed by atoms with Gasteiger partial charge < -0.3 is 14.8 Å². The summed E-state index contributed by atoms with van der Waals surface area (Å²) in [5.74, 6) is 1.34. The van der Waals surface area contributed by atoms with E-state index in [1.54, 1.807) is 6.20 Å². The highest BCUT2D eigenvalue weighted by Gasteiger charge is 2.34. The Bertz CT molecular complexity index is 423. The topological polar surface area (TPSA) is 43.4 Å². The second-order valence-corrected chi connectivity index (χ2v) is 5.66. The van der Waals surface area contributed by atoms with Crippen molar-refractivity contribution in [2.75, 3.05) is 13.7 Å². The first-order valence-corrected chi connectivity index (χ1v) is 7.56. The van der Waals surface area contributed by atoms with Gasteiger partial charge in [-0.2, -0.15) is 0 Å². The summed E-state index contributed by atoms with van der Waals surface area (Å²) in [6, 6.07) is 2.37. The van der Waals surface area contributed by atoms with Gasteiger partial charge in [-0.1, -0.05) is 6.92 Å². The molecule has 1 N–H and O–H groups in total. The fourth-order valence-electron chi connectivity index (χ4n) is 3.04. The summed E-state index contributed by atoms with van der Waals surface area (Å²) in [7, 11) is 2.01. The molecule has 112 valence electrons. The van der Waals surface area contributed by atoms with Gasteiger partial charge in [-0.25, -0.2) is 0 Å². The summed E-state index contributed by atoms with van der Waals surface area (Å²) < 4.78 is 11.6. The van der Waals surface area contributed by atoms with Crippen LogP contribution >= 0.6 is 0 Å². The normalized spacial score (nSPS) is 24.1. The summed E-state index contributed by atoms with van der Waals surface area (Å²) in [6.45, 7) is 7.10. The Kier molecular flexibility index (Phi) is 5.38. The smallest absolute Gasteiger partial charge is 0.138 e. The van der Waals surface area contributed by atoms with Gasteiger partial charge in [0.05, 0.1) is 18.4 Å². The van der Waals surface area contributed by atoms with E-state index >= 15 is 0 Å². The maximum atomic E-state index is 5.82. The Morgan fingerprint density at radius 3 is 2.90 bits per heavy atom. The maximum Gasteiger partial charge on any atom is 0.138 e. The molecule has 3 atom stereocenters. The van der Waals surface area contributed by atoms with Crippen LogP contribution in [-0.2, 0) is 4.74 Å². The highest BCUT2D eigenvalue weighted by molar-refractivity contribution is 5.27. The van der Waals surface area contributed by atoms with Crippen molar-refractivity contribution in [1.29, 1.82) is 0 Å². The third-order valence-electron chi connectivity index (χ3n) is 3.87. The average Bonchev–Trinajstić information content (AvgIpc) is 2.87. The number of nitrogens with zero attached hydrogens (tertiary/aromatic N) is 1. The first-order valence-electron chi connectivity index (χ1n) is 7.56. The third-order valence-corrected chi connectivity index (χ3v) is 3.87. The van der Waals surface area contributed by atoms with E-state index in [1.165, 1.54) is 5.56 Å². The minimum atomic E-state index is 0.165. The fraction of sp³-hybridized carbons (Fsp3) is 0.688. The van der Waals surface area contributed by atoms with Crippen LogP contribution in [0.25, 0.3) is 0 Å². The molecule has 0 amide bonds. The lowest BCUT2D eigenvalue weighted by atomic mass is 9.87. The van der Waals surface area contributed by atoms with E-state index in [2.05, 4.69) is 23.3 Å². The van der Waals surface area contributed by atoms with Crippen LogP contribution < -0.4 is 10.1 Å². The van der Waals surface area contributed by atoms with Gasteiger partial charge in [0.2, 0.25) is 0 Å². The zero-order chi connectivity index (χ0) is 14.5. The molecule has 1 fully saturated rings. The van der Waals surface area contributed by atoms with Gasteiger partial charge in [-0.15, -0.1) is 0 Å². The van der Waals surface area contributed by atoms with Crippen LogP contribution in [0.15, 0.2) is 18.5 Å². The largest absolute Gasteiger partial charge is 0.489 e. The number of ether oxygens (including phenoxy) is 2. The Labute approximate surface area is 121 Å². The summed E-state index contributed by atoms with van der Waals surface area (Å²) >= 11 is 0. The van der Waals surface area contributed by atoms with Crippen LogP contribution in [0, 0.1) is 5.92 Å². The predicted octanol–water partition coefficient (Wildman–Crippen LogP) is 2.94. The molecular weight excluding hydrogens is 252 g/mol. The van der Waals surface area contributed by atoms with Crippen molar-refractivity contribution in [2.45, 2.75) is 51.9 Å². The number of rotatable bonds is 6. The second kappa shape index (κ2) is 7.04. The molecule has 0 aromatic carbocycles. The van der Waals surface area contributed by atoms with Crippen molar-refractivity contribution in [1.82, 2.24) is 10.3 Å². The molecule has 0 aliphatic carbocycles. The standard InChI is InChI=1S/C16H26N2O2/c1-5-15-14(6-7-19-15)16(17-4)12-8-13(10-18-9-12)20-11(2)3/h8-11,14-17H,5-7H2,1-4H3. The molecule has 1 saturated heterocycles. The highest BCUT2D eigenvalue weighted by atomic mass is 16.5. The Balaban J connectivity index is 2.18. The molecule has 20 heavy (non-hydrogen) atoms. The number of aromatic nitrogens is 1. The quantitative estimate of drug-likeness (QED) is 0.869. The lowest BCUT2D eigenvalue weighted by Crippen LogP contribution is -2.30. The van der Waals surface area contributed by atoms with Crippen molar-refractivity contribution in [3.05, 3.63) is 24.0 Å². The van der Waals surface area contributed by atoms with E-state index < -0.39 is 0 Å². The SMILES string of the molecule is CCC1OCCC1C(NC)c1cncc(OC(C)C)c1. The van der Waals surface area contributed by atoms with Gasteiger partial charge in [0.1, 0.15) is 5.75 Å². The molecule has 2 heterocycles. The molecule has 1 aromatic heterocycles. The predicted molar refractivity (Wildman–Crippen MR) is 79.9 cm³/mol. The van der Waals surface area contributed by atoms with E-state index in [-0.39, 0.29) is 12.1 Å². The molecule has 0 spiro atoms. The summed E-state index contributed by atoms with van der Waals surface area (Å²) in [6.07, 6.45) is 6.36. The summed E-state index contributed by atoms with van der Waals surface area (Å²) in [5.41, 5.74) is 1.18. The zero-order valence-electron chi connectivity index (χ0n) is 12.9. The van der Waals surface area contributed by atoms with Gasteiger partial charge in [0, 0.05) is 24.8 Å². The Morgan fingerprint density at radius 1 is 1.45 bits per heavy atom. The van der Waals surface area contributed by atoms with Gasteiger partial charge in [0.25, 0.3) is 0 Å². The number of hydrogen-bond donors (Lipinski definition) is 1. The van der Waals surface area contributed by atoms with Crippen LogP contribution in [0.4, 0.5) is 0 Å². The van der Waals surface area contributed by atoms with Crippen molar-refractivity contribution < 1.29 is 9.47 Å². The molecule has 4 nitrogen and oxygen atoms in total. The third kappa shape index (κ3) is 3.49. The van der Waals surface area contributed by atoms with E-state index in [0.29, 0.717) is 12.0 Å². The van der Waals surface area contributed by atoms with Crippen molar-refractivity contribution in [3.63, 3.8) is 0 Å². The molecule has 3 unspecified atom stereocenters. The first-order chi connectivity index (χ1) is 9.65. The monoisotopic (exact) mass is 278 g/mol. The fourth-order valence-corrected chi connectivity index (χ4v) is 3.04. The van der Waals surface area contributed by atoms with Gasteiger partial charge >= 0.3 is 0 Å². The van der Waals surface area contributed by atoms with E-state index in [4.69, 9.17) is 9.47 Å². The molecule has 0 bridgehead atoms. The van der Waals surface area contributed by atoms with Gasteiger partial charge in [0.15, 0.2) is 0 Å². The van der Waals surface area contributed by atoms with Crippen molar-refractivity contribution in [3.8, 4) is 5.75 Å². The van der Waals surface area contributed by atoms with Crippen molar-refractivity contribution >= 4 is 0 Å². The molecule has 2 rings (SSSR count). The summed E-state index contributed by atoms with van der Waals surface area (Å²) in [5, 5.41) is 3.43. The molecule has 0 radical (unpaired) electrons. The molecule has 1 aliphatic heterocycles. The molecule has 0 saturated carbocycles. The van der Waals surface area contributed by atoms with Crippen LogP contribution in [0.2, 0.25) is 0 Å². The number of hydrogen-bond acceptors (Lipinski definition) is 4. The van der Waals surface area contributed by atoms with Crippen LogP contribution in [0.1, 0.15) is 45.2 Å². The molecule has 4 heteroatoms. The van der Waals surface area contributed by atoms with Gasteiger partial charge in [-0.3, -0.25) is 4.98 Å². The number of pyridine rings is 1.